The van der Waals surface area contributed by atoms with E-state index < -0.39 is 0 Å². The number of aromatic nitrogens is 3. The molecule has 1 fully saturated rings. The van der Waals surface area contributed by atoms with Crippen LogP contribution in [0.5, 0.6) is 0 Å². The van der Waals surface area contributed by atoms with Gasteiger partial charge in [0, 0.05) is 44.2 Å². The summed E-state index contributed by atoms with van der Waals surface area (Å²) < 4.78 is 2.06. The molecule has 0 spiro atoms. The molecule has 1 amide bonds. The molecule has 1 saturated heterocycles. The summed E-state index contributed by atoms with van der Waals surface area (Å²) in [5.41, 5.74) is 1.70. The molecule has 1 atom stereocenters. The number of amides is 1. The third-order valence-electron chi connectivity index (χ3n) is 5.03. The van der Waals surface area contributed by atoms with Crippen LogP contribution >= 0.6 is 0 Å². The van der Waals surface area contributed by atoms with E-state index in [1.165, 1.54) is 0 Å². The third kappa shape index (κ3) is 4.92. The SMILES string of the molecule is CC(C)(CCn1cnc(-c2cccnc2)c1)NCC(=O)N1CCC[C@H]1C#N.[HH]. The van der Waals surface area contributed by atoms with Crippen molar-refractivity contribution in [3.8, 4) is 17.3 Å². The second-order valence-corrected chi connectivity index (χ2v) is 7.60. The predicted octanol–water partition coefficient (Wildman–Crippen LogP) is 2.46. The topological polar surface area (TPSA) is 86.8 Å². The number of hydrogen-bond acceptors (Lipinski definition) is 5. The molecule has 0 bridgehead atoms. The highest BCUT2D eigenvalue weighted by atomic mass is 16.2. The number of nitrogens with zero attached hydrogens (tertiary/aromatic N) is 5. The number of hydrogen-bond donors (Lipinski definition) is 1. The van der Waals surface area contributed by atoms with E-state index in [0.29, 0.717) is 6.54 Å². The van der Waals surface area contributed by atoms with Crippen LogP contribution in [0.2, 0.25) is 0 Å². The zero-order valence-corrected chi connectivity index (χ0v) is 15.9. The summed E-state index contributed by atoms with van der Waals surface area (Å²) >= 11 is 0. The van der Waals surface area contributed by atoms with Crippen molar-refractivity contribution >= 4 is 5.91 Å². The molecule has 27 heavy (non-hydrogen) atoms. The van der Waals surface area contributed by atoms with Crippen LogP contribution in [0.1, 0.15) is 34.5 Å². The molecule has 0 radical (unpaired) electrons. The number of pyridine rings is 1. The summed E-state index contributed by atoms with van der Waals surface area (Å²) in [6.07, 6.45) is 9.93. The fourth-order valence-electron chi connectivity index (χ4n) is 3.26. The Morgan fingerprint density at radius 2 is 2.37 bits per heavy atom. The van der Waals surface area contributed by atoms with Gasteiger partial charge >= 0.3 is 0 Å². The highest BCUT2D eigenvalue weighted by molar-refractivity contribution is 5.79. The monoisotopic (exact) mass is 368 g/mol. The molecule has 1 N–H and O–H groups in total. The number of carbonyl (C=O) groups is 1. The van der Waals surface area contributed by atoms with Crippen LogP contribution in [-0.4, -0.2) is 50.0 Å². The van der Waals surface area contributed by atoms with Crippen molar-refractivity contribution in [2.45, 2.75) is 51.2 Å². The fraction of sp³-hybridized carbons (Fsp3) is 0.500. The van der Waals surface area contributed by atoms with Gasteiger partial charge in [0.2, 0.25) is 5.91 Å². The number of aryl methyl sites for hydroxylation is 1. The molecular weight excluding hydrogens is 340 g/mol. The maximum absolute atomic E-state index is 12.4. The average Bonchev–Trinajstić information content (AvgIpc) is 3.34. The summed E-state index contributed by atoms with van der Waals surface area (Å²) in [5, 5.41) is 12.5. The number of imidazole rings is 1. The first-order valence-corrected chi connectivity index (χ1v) is 9.35. The summed E-state index contributed by atoms with van der Waals surface area (Å²) in [4.78, 5) is 22.6. The zero-order chi connectivity index (χ0) is 19.3. The van der Waals surface area contributed by atoms with Crippen LogP contribution in [0.15, 0.2) is 37.1 Å². The highest BCUT2D eigenvalue weighted by Crippen LogP contribution is 2.18. The van der Waals surface area contributed by atoms with Gasteiger partial charge in [0.15, 0.2) is 0 Å². The molecule has 0 aromatic carbocycles. The maximum atomic E-state index is 12.4. The van der Waals surface area contributed by atoms with Crippen molar-refractivity contribution in [2.24, 2.45) is 0 Å². The van der Waals surface area contributed by atoms with Gasteiger partial charge in [-0.15, -0.1) is 0 Å². The Morgan fingerprint density at radius 3 is 3.11 bits per heavy atom. The van der Waals surface area contributed by atoms with E-state index in [-0.39, 0.29) is 25.5 Å². The second-order valence-electron chi connectivity index (χ2n) is 7.60. The normalized spacial score (nSPS) is 17.1. The fourth-order valence-corrected chi connectivity index (χ4v) is 3.26. The van der Waals surface area contributed by atoms with Gasteiger partial charge in [0.25, 0.3) is 0 Å². The van der Waals surface area contributed by atoms with Crippen LogP contribution in [0.3, 0.4) is 0 Å². The Kier molecular flexibility index (Phi) is 5.87. The lowest BCUT2D eigenvalue weighted by molar-refractivity contribution is -0.130. The number of nitrogens with one attached hydrogen (secondary N) is 1. The van der Waals surface area contributed by atoms with Gasteiger partial charge in [-0.3, -0.25) is 9.78 Å². The quantitative estimate of drug-likeness (QED) is 0.811. The van der Waals surface area contributed by atoms with Crippen molar-refractivity contribution < 1.29 is 6.22 Å². The lowest BCUT2D eigenvalue weighted by atomic mass is 10.0. The largest absolute Gasteiger partial charge is 0.337 e. The van der Waals surface area contributed by atoms with Gasteiger partial charge < -0.3 is 14.8 Å². The molecule has 1 aliphatic rings. The standard InChI is InChI=1S/C20H26N6O.H2/c1-20(2,24-13-19(27)26-9-4-6-17(26)11-21)7-10-25-14-18(23-15-25)16-5-3-8-22-12-16;/h3,5,8,12,14-15,17,24H,4,6-7,9-10,13H2,1-2H3;1H/t17-;/m0./s1. The van der Waals surface area contributed by atoms with Gasteiger partial charge in [0.05, 0.1) is 24.6 Å². The molecule has 2 aromatic rings. The van der Waals surface area contributed by atoms with Gasteiger partial charge in [-0.05, 0) is 45.2 Å². The molecule has 2 aromatic heterocycles. The summed E-state index contributed by atoms with van der Waals surface area (Å²) in [6, 6.07) is 5.84. The molecule has 3 rings (SSSR count). The summed E-state index contributed by atoms with van der Waals surface area (Å²) in [5.74, 6) is 0.00798. The van der Waals surface area contributed by atoms with E-state index in [0.717, 1.165) is 37.1 Å². The number of carbonyl (C=O) groups excluding carboxylic acids is 1. The van der Waals surface area contributed by atoms with Crippen LogP contribution < -0.4 is 5.32 Å². The number of likely N-dealkylation sites (tertiary alicyclic amines) is 1. The van der Waals surface area contributed by atoms with E-state index in [1.54, 1.807) is 17.3 Å². The average molecular weight is 368 g/mol. The van der Waals surface area contributed by atoms with E-state index in [1.807, 2.05) is 24.7 Å². The van der Waals surface area contributed by atoms with Crippen LogP contribution in [0.25, 0.3) is 11.3 Å². The molecule has 7 heteroatoms. The van der Waals surface area contributed by atoms with Crippen LogP contribution in [0, 0.1) is 11.3 Å². The van der Waals surface area contributed by atoms with E-state index in [4.69, 9.17) is 5.26 Å². The minimum atomic E-state index is -0.265. The van der Waals surface area contributed by atoms with Crippen molar-refractivity contribution in [1.82, 2.24) is 24.8 Å². The first kappa shape index (κ1) is 19.1. The Bertz CT molecular complexity index is 814. The van der Waals surface area contributed by atoms with Crippen molar-refractivity contribution in [3.05, 3.63) is 37.1 Å². The molecule has 0 saturated carbocycles. The van der Waals surface area contributed by atoms with Crippen molar-refractivity contribution in [3.63, 3.8) is 0 Å². The lowest BCUT2D eigenvalue weighted by Gasteiger charge is -2.28. The zero-order valence-electron chi connectivity index (χ0n) is 15.9. The molecule has 7 nitrogen and oxygen atoms in total. The van der Waals surface area contributed by atoms with Gasteiger partial charge in [-0.2, -0.15) is 5.26 Å². The lowest BCUT2D eigenvalue weighted by Crippen LogP contribution is -2.47. The molecular formula is C20H28N6O. The second kappa shape index (κ2) is 8.31. The molecule has 0 unspecified atom stereocenters. The van der Waals surface area contributed by atoms with Crippen molar-refractivity contribution in [1.29, 1.82) is 5.26 Å². The third-order valence-corrected chi connectivity index (χ3v) is 5.03. The van der Waals surface area contributed by atoms with Crippen molar-refractivity contribution in [2.75, 3.05) is 13.1 Å². The highest BCUT2D eigenvalue weighted by Gasteiger charge is 2.29. The summed E-state index contributed by atoms with van der Waals surface area (Å²) in [6.45, 7) is 5.92. The first-order valence-electron chi connectivity index (χ1n) is 9.35. The maximum Gasteiger partial charge on any atom is 0.237 e. The van der Waals surface area contributed by atoms with Gasteiger partial charge in [-0.1, -0.05) is 0 Å². The van der Waals surface area contributed by atoms with E-state index >= 15 is 0 Å². The number of nitriles is 1. The minimum absolute atomic E-state index is 0. The minimum Gasteiger partial charge on any atom is -0.337 e. The van der Waals surface area contributed by atoms with E-state index in [9.17, 15) is 4.79 Å². The first-order chi connectivity index (χ1) is 13.0. The van der Waals surface area contributed by atoms with Crippen LogP contribution in [0.4, 0.5) is 0 Å². The Labute approximate surface area is 161 Å². The Hall–Kier alpha value is -2.72. The molecule has 144 valence electrons. The predicted molar refractivity (Wildman–Crippen MR) is 105 cm³/mol. The summed E-state index contributed by atoms with van der Waals surface area (Å²) in [7, 11) is 0. The van der Waals surface area contributed by atoms with Gasteiger partial charge in [0.1, 0.15) is 6.04 Å². The molecule has 0 aliphatic carbocycles. The number of rotatable bonds is 7. The molecule has 1 aliphatic heterocycles. The Balaban J connectivity index is 0.00000280. The van der Waals surface area contributed by atoms with Crippen LogP contribution in [-0.2, 0) is 11.3 Å². The smallest absolute Gasteiger partial charge is 0.237 e. The molecule has 3 heterocycles. The van der Waals surface area contributed by atoms with E-state index in [2.05, 4.69) is 39.8 Å². The Morgan fingerprint density at radius 1 is 1.52 bits per heavy atom. The van der Waals surface area contributed by atoms with Gasteiger partial charge in [-0.25, -0.2) is 4.98 Å².